The monoisotopic (exact) mass is 803 g/mol. The van der Waals surface area contributed by atoms with Crippen LogP contribution in [-0.4, -0.2) is 103 Å². The smallest absolute Gasteiger partial charge is 0.462 e. The minimum Gasteiger partial charge on any atom is -0.462 e. The van der Waals surface area contributed by atoms with Gasteiger partial charge in [-0.15, -0.1) is 0 Å². The summed E-state index contributed by atoms with van der Waals surface area (Å²) in [6.07, 6.45) is 23.1. The van der Waals surface area contributed by atoms with E-state index in [9.17, 15) is 34.1 Å². The number of hydrogen-bond donors (Lipinski definition) is 3. The van der Waals surface area contributed by atoms with Crippen molar-refractivity contribution >= 4 is 25.5 Å². The summed E-state index contributed by atoms with van der Waals surface area (Å²) in [5.41, 5.74) is 0. The molecule has 13 heteroatoms. The summed E-state index contributed by atoms with van der Waals surface area (Å²) in [7, 11) is 1.31. The molecule has 0 saturated heterocycles. The van der Waals surface area contributed by atoms with Crippen molar-refractivity contribution in [1.82, 2.24) is 0 Å². The first-order chi connectivity index (χ1) is 26.2. The molecule has 0 radical (unpaired) electrons. The number of aliphatic hydroxyl groups excluding tert-OH is 2. The number of ketones is 1. The van der Waals surface area contributed by atoms with Gasteiger partial charge in [-0.05, 0) is 32.1 Å². The highest BCUT2D eigenvalue weighted by molar-refractivity contribution is 7.47. The molecule has 1 saturated carbocycles. The van der Waals surface area contributed by atoms with Gasteiger partial charge in [-0.3, -0.25) is 23.4 Å². The van der Waals surface area contributed by atoms with Crippen LogP contribution in [0.2, 0.25) is 0 Å². The molecule has 12 nitrogen and oxygen atoms in total. The Morgan fingerprint density at radius 1 is 0.836 bits per heavy atom. The highest BCUT2D eigenvalue weighted by Gasteiger charge is 2.39. The van der Waals surface area contributed by atoms with E-state index >= 15 is 0 Å². The second kappa shape index (κ2) is 30.2. The Balaban J connectivity index is 2.56. The van der Waals surface area contributed by atoms with E-state index in [1.54, 1.807) is 12.2 Å². The second-order valence-electron chi connectivity index (χ2n) is 16.2. The van der Waals surface area contributed by atoms with Crippen LogP contribution in [0.5, 0.6) is 0 Å². The number of likely N-dealkylation sites (N-methyl/N-ethyl adjacent to an activating group) is 1. The highest BCUT2D eigenvalue weighted by atomic mass is 31.2. The number of ether oxygens (including phenoxy) is 2. The van der Waals surface area contributed by atoms with E-state index in [4.69, 9.17) is 18.5 Å². The van der Waals surface area contributed by atoms with Gasteiger partial charge >= 0.3 is 19.8 Å². The number of quaternary nitrogens is 1. The zero-order valence-corrected chi connectivity index (χ0v) is 35.8. The van der Waals surface area contributed by atoms with Crippen molar-refractivity contribution in [3.8, 4) is 0 Å². The van der Waals surface area contributed by atoms with Crippen LogP contribution in [0.3, 0.4) is 0 Å². The number of nitrogens with zero attached hydrogens (tertiary/aromatic N) is 1. The Morgan fingerprint density at radius 2 is 1.44 bits per heavy atom. The number of unbranched alkanes of at least 4 members (excludes halogenated alkanes) is 13. The van der Waals surface area contributed by atoms with Crippen molar-refractivity contribution in [1.29, 1.82) is 0 Å². The third kappa shape index (κ3) is 27.4. The maximum absolute atomic E-state index is 12.8. The number of rotatable bonds is 34. The van der Waals surface area contributed by atoms with Crippen LogP contribution >= 0.6 is 7.82 Å². The second-order valence-corrected chi connectivity index (χ2v) is 17.6. The Labute approximate surface area is 332 Å². The lowest BCUT2D eigenvalue weighted by Gasteiger charge is -2.24. The van der Waals surface area contributed by atoms with E-state index in [2.05, 4.69) is 13.8 Å². The van der Waals surface area contributed by atoms with Crippen LogP contribution in [0, 0.1) is 11.8 Å². The van der Waals surface area contributed by atoms with Crippen LogP contribution in [0.15, 0.2) is 24.3 Å². The van der Waals surface area contributed by atoms with Crippen molar-refractivity contribution < 1.29 is 57.1 Å². The zero-order valence-electron chi connectivity index (χ0n) is 34.9. The van der Waals surface area contributed by atoms with Gasteiger partial charge in [0.15, 0.2) is 6.10 Å². The molecule has 0 heterocycles. The van der Waals surface area contributed by atoms with Crippen molar-refractivity contribution in [3.63, 3.8) is 0 Å². The molecule has 6 atom stereocenters. The van der Waals surface area contributed by atoms with E-state index in [1.165, 1.54) is 44.9 Å². The molecule has 1 unspecified atom stereocenters. The number of carbonyl (C=O) groups is 3. The third-order valence-corrected chi connectivity index (χ3v) is 10.8. The Kier molecular flexibility index (Phi) is 28.1. The largest absolute Gasteiger partial charge is 0.472 e. The molecule has 0 amide bonds. The maximum atomic E-state index is 12.8. The number of hydrogen-bond acceptors (Lipinski definition) is 10. The van der Waals surface area contributed by atoms with Crippen LogP contribution in [0.25, 0.3) is 0 Å². The van der Waals surface area contributed by atoms with Gasteiger partial charge in [0.25, 0.3) is 0 Å². The molecule has 320 valence electrons. The molecule has 1 aliphatic rings. The van der Waals surface area contributed by atoms with E-state index in [-0.39, 0.29) is 44.2 Å². The van der Waals surface area contributed by atoms with E-state index in [0.717, 1.165) is 38.5 Å². The molecule has 0 aliphatic heterocycles. The van der Waals surface area contributed by atoms with Crippen LogP contribution in [0.4, 0.5) is 0 Å². The number of esters is 2. The molecule has 0 aromatic rings. The van der Waals surface area contributed by atoms with Gasteiger partial charge in [0.2, 0.25) is 0 Å². The molecule has 1 rings (SSSR count). The topological polar surface area (TPSA) is 166 Å². The number of carbonyl (C=O) groups excluding carboxylic acids is 3. The lowest BCUT2D eigenvalue weighted by atomic mass is 9.90. The lowest BCUT2D eigenvalue weighted by molar-refractivity contribution is -0.870. The van der Waals surface area contributed by atoms with Crippen molar-refractivity contribution in [3.05, 3.63) is 24.3 Å². The zero-order chi connectivity index (χ0) is 41.0. The molecular weight excluding hydrogens is 725 g/mol. The molecule has 55 heavy (non-hydrogen) atoms. The minimum atomic E-state index is -4.44. The first-order valence-corrected chi connectivity index (χ1v) is 22.7. The van der Waals surface area contributed by atoms with Gasteiger partial charge in [-0.2, -0.15) is 0 Å². The summed E-state index contributed by atoms with van der Waals surface area (Å²) < 4.78 is 34.1. The van der Waals surface area contributed by atoms with E-state index in [0.29, 0.717) is 43.1 Å². The molecular formula is C42H77NO11P+. The maximum Gasteiger partial charge on any atom is 0.472 e. The van der Waals surface area contributed by atoms with Gasteiger partial charge in [-0.25, -0.2) is 4.57 Å². The Hall–Kier alpha value is -1.92. The van der Waals surface area contributed by atoms with E-state index < -0.39 is 50.6 Å². The Bertz CT molecular complexity index is 1150. The van der Waals surface area contributed by atoms with Crippen molar-refractivity contribution in [2.45, 2.75) is 167 Å². The average molecular weight is 803 g/mol. The fourth-order valence-corrected chi connectivity index (χ4v) is 7.15. The highest BCUT2D eigenvalue weighted by Crippen LogP contribution is 2.43. The van der Waals surface area contributed by atoms with Crippen molar-refractivity contribution in [2.24, 2.45) is 11.8 Å². The van der Waals surface area contributed by atoms with Gasteiger partial charge in [0, 0.05) is 31.1 Å². The predicted molar refractivity (Wildman–Crippen MR) is 216 cm³/mol. The predicted octanol–water partition coefficient (Wildman–Crippen LogP) is 8.16. The van der Waals surface area contributed by atoms with Crippen LogP contribution in [0.1, 0.15) is 149 Å². The summed E-state index contributed by atoms with van der Waals surface area (Å²) in [6.45, 7) is 3.98. The molecule has 1 aliphatic carbocycles. The summed E-state index contributed by atoms with van der Waals surface area (Å²) in [5, 5.41) is 20.7. The quantitative estimate of drug-likeness (QED) is 0.0189. The number of aliphatic hydroxyl groups is 2. The standard InChI is InChI=1S/C42H76NO11P/c1-6-8-10-11-12-13-14-15-16-17-22-26-41(47)51-33-36(34-53-55(49,50)52-31-30-43(3,4)5)54-42(48)27-23-19-18-21-25-37-38(40(46)32-39(37)45)29-28-35(44)24-20-9-7-2/h18,21,28-29,35-39,44-45H,6-17,19-20,22-27,30-34H2,1-5H3/p+1/b21-18-,29-28+/t35-,36+,37+,38+,39-/m0/s1. The number of phosphoric acid groups is 1. The molecule has 0 aromatic carbocycles. The first-order valence-electron chi connectivity index (χ1n) is 21.2. The van der Waals surface area contributed by atoms with Gasteiger partial charge in [0.05, 0.1) is 40.0 Å². The first kappa shape index (κ1) is 51.1. The SMILES string of the molecule is CCCCCCCCCCCCCC(=O)OC[C@H](COP(=O)(O)OCC[N+](C)(C)C)OC(=O)CCC/C=C\C[C@H]1[C@@H](O)CC(=O)[C@@H]1/C=C/[C@@H](O)CCCCC. The van der Waals surface area contributed by atoms with Gasteiger partial charge in [-0.1, -0.05) is 122 Å². The summed E-state index contributed by atoms with van der Waals surface area (Å²) in [5.74, 6) is -1.74. The van der Waals surface area contributed by atoms with E-state index in [1.807, 2.05) is 33.3 Å². The fourth-order valence-electron chi connectivity index (χ4n) is 6.41. The van der Waals surface area contributed by atoms with Gasteiger partial charge in [0.1, 0.15) is 25.5 Å². The lowest BCUT2D eigenvalue weighted by Crippen LogP contribution is -2.37. The minimum absolute atomic E-state index is 0.0151. The summed E-state index contributed by atoms with van der Waals surface area (Å²) >= 11 is 0. The molecule has 0 spiro atoms. The molecule has 3 N–H and O–H groups in total. The molecule has 0 aromatic heterocycles. The average Bonchev–Trinajstić information content (AvgIpc) is 3.39. The summed E-state index contributed by atoms with van der Waals surface area (Å²) in [6, 6.07) is 0. The number of phosphoric ester groups is 1. The van der Waals surface area contributed by atoms with Crippen LogP contribution in [-0.2, 0) is 37.5 Å². The Morgan fingerprint density at radius 3 is 2.07 bits per heavy atom. The fraction of sp³-hybridized carbons (Fsp3) is 0.833. The van der Waals surface area contributed by atoms with Crippen LogP contribution < -0.4 is 0 Å². The summed E-state index contributed by atoms with van der Waals surface area (Å²) in [4.78, 5) is 47.9. The molecule has 1 fully saturated rings. The molecule has 0 bridgehead atoms. The normalized spacial score (nSPS) is 19.9. The third-order valence-electron chi connectivity index (χ3n) is 9.86. The van der Waals surface area contributed by atoms with Gasteiger partial charge < -0.3 is 29.1 Å². The van der Waals surface area contributed by atoms with Crippen molar-refractivity contribution in [2.75, 3.05) is 47.5 Å². The number of allylic oxidation sites excluding steroid dienone is 3. The number of Topliss-reactive ketones (excluding diaryl/α,β-unsaturated/α-hetero) is 1.